The van der Waals surface area contributed by atoms with Gasteiger partial charge in [0.15, 0.2) is 0 Å². The van der Waals surface area contributed by atoms with Gasteiger partial charge in [0.05, 0.1) is 0 Å². The first-order valence-corrected chi connectivity index (χ1v) is 9.59. The fraction of sp³-hybridized carbons (Fsp3) is 0.667. The molecule has 1 N–H and O–H groups in total. The molecule has 3 nitrogen and oxygen atoms in total. The van der Waals surface area contributed by atoms with Gasteiger partial charge in [0.1, 0.15) is 0 Å². The van der Waals surface area contributed by atoms with Gasteiger partial charge in [-0.05, 0) is 75.4 Å². The number of hydrogen-bond donors (Lipinski definition) is 1. The highest BCUT2D eigenvalue weighted by Crippen LogP contribution is 2.52. The van der Waals surface area contributed by atoms with Crippen molar-refractivity contribution in [3.05, 3.63) is 34.9 Å². The molecule has 3 atom stereocenters. The van der Waals surface area contributed by atoms with Gasteiger partial charge in [-0.15, -0.1) is 0 Å². The Bertz CT molecular complexity index is 612. The molecule has 0 aromatic heterocycles. The molecule has 132 valence electrons. The molecule has 2 fully saturated rings. The van der Waals surface area contributed by atoms with Gasteiger partial charge in [-0.2, -0.15) is 0 Å². The second-order valence-electron chi connectivity index (χ2n) is 7.78. The lowest BCUT2D eigenvalue weighted by molar-refractivity contribution is 0.0224. The molecule has 1 aromatic rings. The molecule has 1 amide bonds. The van der Waals surface area contributed by atoms with E-state index < -0.39 is 0 Å². The maximum absolute atomic E-state index is 12.2. The van der Waals surface area contributed by atoms with Crippen LogP contribution in [0.3, 0.4) is 0 Å². The van der Waals surface area contributed by atoms with E-state index in [0.29, 0.717) is 12.0 Å². The number of hydrogen-bond acceptors (Lipinski definition) is 2. The monoisotopic (exact) mass is 328 g/mol. The third-order valence-corrected chi connectivity index (χ3v) is 6.80. The number of fused-ring (bicyclic) bond motifs is 1. The third-order valence-electron chi connectivity index (χ3n) is 6.80. The van der Waals surface area contributed by atoms with Gasteiger partial charge in [-0.1, -0.05) is 25.8 Å². The summed E-state index contributed by atoms with van der Waals surface area (Å²) in [6.07, 6.45) is 7.53. The molecule has 1 aromatic carbocycles. The van der Waals surface area contributed by atoms with Crippen LogP contribution in [-0.4, -0.2) is 37.5 Å². The number of likely N-dealkylation sites (tertiary alicyclic amines) is 1. The van der Waals surface area contributed by atoms with E-state index >= 15 is 0 Å². The zero-order valence-corrected chi connectivity index (χ0v) is 15.7. The van der Waals surface area contributed by atoms with Crippen molar-refractivity contribution >= 4 is 5.91 Å². The first kappa shape index (κ1) is 17.5. The van der Waals surface area contributed by atoms with E-state index in [1.54, 1.807) is 7.05 Å². The van der Waals surface area contributed by atoms with Crippen molar-refractivity contribution in [1.29, 1.82) is 0 Å². The average molecular weight is 329 g/mol. The van der Waals surface area contributed by atoms with Crippen molar-refractivity contribution in [3.8, 4) is 0 Å². The fourth-order valence-corrected chi connectivity index (χ4v) is 5.27. The molecule has 1 saturated carbocycles. The highest BCUT2D eigenvalue weighted by molar-refractivity contribution is 5.94. The number of carbonyl (C=O) groups is 1. The maximum atomic E-state index is 12.2. The second kappa shape index (κ2) is 6.87. The predicted octanol–water partition coefficient (Wildman–Crippen LogP) is 3.76. The van der Waals surface area contributed by atoms with E-state index in [0.717, 1.165) is 18.5 Å². The molecule has 1 saturated heterocycles. The Kier molecular flexibility index (Phi) is 5.00. The lowest BCUT2D eigenvalue weighted by Crippen LogP contribution is -2.55. The Morgan fingerprint density at radius 3 is 2.83 bits per heavy atom. The number of rotatable bonds is 3. The Hall–Kier alpha value is -1.35. The number of amides is 1. The number of aryl methyl sites for hydroxylation is 1. The SMILES string of the molecule is CCc1ccc(C(=O)NC)cc1C12CCCCC1C(C)N(C)CC2. The van der Waals surface area contributed by atoms with E-state index in [1.165, 1.54) is 43.2 Å². The van der Waals surface area contributed by atoms with E-state index in [2.05, 4.69) is 43.2 Å². The largest absolute Gasteiger partial charge is 0.355 e. The minimum Gasteiger partial charge on any atom is -0.355 e. The molecule has 0 bridgehead atoms. The summed E-state index contributed by atoms with van der Waals surface area (Å²) in [5.74, 6) is 0.735. The van der Waals surface area contributed by atoms with E-state index in [1.807, 2.05) is 6.07 Å². The fourth-order valence-electron chi connectivity index (χ4n) is 5.27. The van der Waals surface area contributed by atoms with E-state index in [-0.39, 0.29) is 11.3 Å². The summed E-state index contributed by atoms with van der Waals surface area (Å²) < 4.78 is 0. The zero-order chi connectivity index (χ0) is 17.3. The summed E-state index contributed by atoms with van der Waals surface area (Å²) in [7, 11) is 3.99. The van der Waals surface area contributed by atoms with Gasteiger partial charge in [0, 0.05) is 24.1 Å². The van der Waals surface area contributed by atoms with Gasteiger partial charge < -0.3 is 10.2 Å². The van der Waals surface area contributed by atoms with Gasteiger partial charge in [0.25, 0.3) is 5.91 Å². The summed E-state index contributed by atoms with van der Waals surface area (Å²) in [5, 5.41) is 2.79. The number of nitrogens with one attached hydrogen (secondary N) is 1. The van der Waals surface area contributed by atoms with Crippen LogP contribution in [0.5, 0.6) is 0 Å². The van der Waals surface area contributed by atoms with Crippen molar-refractivity contribution in [2.45, 2.75) is 63.8 Å². The molecular formula is C21H32N2O. The van der Waals surface area contributed by atoms with Crippen molar-refractivity contribution in [1.82, 2.24) is 10.2 Å². The summed E-state index contributed by atoms with van der Waals surface area (Å²) >= 11 is 0. The Morgan fingerprint density at radius 2 is 2.12 bits per heavy atom. The molecule has 1 heterocycles. The third kappa shape index (κ3) is 2.77. The van der Waals surface area contributed by atoms with Crippen molar-refractivity contribution < 1.29 is 4.79 Å². The molecule has 0 spiro atoms. The quantitative estimate of drug-likeness (QED) is 0.916. The number of piperidine rings is 1. The lowest BCUT2D eigenvalue weighted by Gasteiger charge is -2.54. The number of nitrogens with zero attached hydrogens (tertiary/aromatic N) is 1. The highest BCUT2D eigenvalue weighted by Gasteiger charge is 2.48. The van der Waals surface area contributed by atoms with Crippen LogP contribution < -0.4 is 5.32 Å². The second-order valence-corrected chi connectivity index (χ2v) is 7.78. The summed E-state index contributed by atoms with van der Waals surface area (Å²) in [6, 6.07) is 7.03. The molecular weight excluding hydrogens is 296 g/mol. The van der Waals surface area contributed by atoms with Crippen LogP contribution in [0.1, 0.15) is 67.4 Å². The average Bonchev–Trinajstić information content (AvgIpc) is 2.63. The zero-order valence-electron chi connectivity index (χ0n) is 15.7. The Labute approximate surface area is 146 Å². The maximum Gasteiger partial charge on any atom is 0.251 e. The number of carbonyl (C=O) groups excluding carboxylic acids is 1. The van der Waals surface area contributed by atoms with Crippen LogP contribution in [0.25, 0.3) is 0 Å². The van der Waals surface area contributed by atoms with Crippen LogP contribution >= 0.6 is 0 Å². The molecule has 1 aliphatic heterocycles. The van der Waals surface area contributed by atoms with Gasteiger partial charge in [0.2, 0.25) is 0 Å². The minimum absolute atomic E-state index is 0.0311. The minimum atomic E-state index is 0.0311. The van der Waals surface area contributed by atoms with Crippen molar-refractivity contribution in [3.63, 3.8) is 0 Å². The normalized spacial score (nSPS) is 30.7. The van der Waals surface area contributed by atoms with E-state index in [4.69, 9.17) is 0 Å². The Morgan fingerprint density at radius 1 is 1.33 bits per heavy atom. The van der Waals surface area contributed by atoms with Gasteiger partial charge in [-0.3, -0.25) is 4.79 Å². The summed E-state index contributed by atoms with van der Waals surface area (Å²) in [5.41, 5.74) is 3.98. The highest BCUT2D eigenvalue weighted by atomic mass is 16.1. The van der Waals surface area contributed by atoms with Crippen LogP contribution in [0.4, 0.5) is 0 Å². The van der Waals surface area contributed by atoms with Crippen molar-refractivity contribution in [2.75, 3.05) is 20.6 Å². The van der Waals surface area contributed by atoms with Crippen LogP contribution in [0, 0.1) is 5.92 Å². The van der Waals surface area contributed by atoms with Gasteiger partial charge >= 0.3 is 0 Å². The summed E-state index contributed by atoms with van der Waals surface area (Å²) in [6.45, 7) is 5.80. The van der Waals surface area contributed by atoms with Gasteiger partial charge in [-0.25, -0.2) is 0 Å². The van der Waals surface area contributed by atoms with Crippen LogP contribution in [-0.2, 0) is 11.8 Å². The van der Waals surface area contributed by atoms with Crippen LogP contribution in [0.2, 0.25) is 0 Å². The molecule has 3 unspecified atom stereocenters. The number of benzene rings is 1. The van der Waals surface area contributed by atoms with Crippen LogP contribution in [0.15, 0.2) is 18.2 Å². The van der Waals surface area contributed by atoms with Crippen molar-refractivity contribution in [2.24, 2.45) is 5.92 Å². The summed E-state index contributed by atoms with van der Waals surface area (Å²) in [4.78, 5) is 14.7. The molecule has 3 rings (SSSR count). The molecule has 2 aliphatic rings. The lowest BCUT2D eigenvalue weighted by atomic mass is 9.56. The van der Waals surface area contributed by atoms with E-state index in [9.17, 15) is 4.79 Å². The first-order valence-electron chi connectivity index (χ1n) is 9.59. The molecule has 0 radical (unpaired) electrons. The Balaban J connectivity index is 2.11. The molecule has 1 aliphatic carbocycles. The molecule has 3 heteroatoms. The predicted molar refractivity (Wildman–Crippen MR) is 99.6 cm³/mol. The standard InChI is InChI=1S/C21H32N2O/c1-5-16-9-10-17(20(24)22-3)14-19(16)21-11-7-6-8-18(21)15(2)23(4)13-12-21/h9-10,14-15,18H,5-8,11-13H2,1-4H3,(H,22,24). The smallest absolute Gasteiger partial charge is 0.251 e. The molecule has 24 heavy (non-hydrogen) atoms. The topological polar surface area (TPSA) is 32.3 Å². The first-order chi connectivity index (χ1) is 11.5.